The number of primary amides is 1. The zero-order chi connectivity index (χ0) is 16.1. The minimum absolute atomic E-state index is 0.155. The molecule has 0 aromatic heterocycles. The maximum atomic E-state index is 12.1. The lowest BCUT2D eigenvalue weighted by molar-refractivity contribution is -0.384. The molecule has 0 spiro atoms. The summed E-state index contributed by atoms with van der Waals surface area (Å²) in [5.74, 6) is -0.500. The van der Waals surface area contributed by atoms with Crippen LogP contribution in [0.1, 0.15) is 10.4 Å². The fourth-order valence-corrected chi connectivity index (χ4v) is 1.78. The summed E-state index contributed by atoms with van der Waals surface area (Å²) in [6.45, 7) is 0. The molecule has 0 aliphatic carbocycles. The number of rotatable bonds is 4. The Morgan fingerprint density at radius 1 is 1.00 bits per heavy atom. The molecule has 0 bridgehead atoms. The van der Waals surface area contributed by atoms with Crippen LogP contribution in [0.4, 0.5) is 21.9 Å². The molecule has 0 saturated heterocycles. The van der Waals surface area contributed by atoms with Gasteiger partial charge in [0.25, 0.3) is 11.6 Å². The minimum Gasteiger partial charge on any atom is -0.351 e. The molecule has 8 heteroatoms. The summed E-state index contributed by atoms with van der Waals surface area (Å²) in [4.78, 5) is 33.0. The SMILES string of the molecule is NC(=O)Nc1cccc(NC(=O)c2cccc([N+](=O)[O-])c2)c1. The molecular weight excluding hydrogens is 288 g/mol. The fraction of sp³-hybridized carbons (Fsp3) is 0. The van der Waals surface area contributed by atoms with Crippen molar-refractivity contribution >= 4 is 29.0 Å². The monoisotopic (exact) mass is 300 g/mol. The first-order valence-corrected chi connectivity index (χ1v) is 6.18. The van der Waals surface area contributed by atoms with Crippen LogP contribution in [0.5, 0.6) is 0 Å². The molecule has 0 atom stereocenters. The summed E-state index contributed by atoms with van der Waals surface area (Å²) >= 11 is 0. The van der Waals surface area contributed by atoms with Crippen LogP contribution in [0, 0.1) is 10.1 Å². The van der Waals surface area contributed by atoms with E-state index in [9.17, 15) is 19.7 Å². The van der Waals surface area contributed by atoms with Crippen LogP contribution in [-0.4, -0.2) is 16.9 Å². The van der Waals surface area contributed by atoms with Gasteiger partial charge in [0.15, 0.2) is 0 Å². The highest BCUT2D eigenvalue weighted by molar-refractivity contribution is 6.05. The summed E-state index contributed by atoms with van der Waals surface area (Å²) in [5, 5.41) is 15.7. The van der Waals surface area contributed by atoms with Gasteiger partial charge in [0.2, 0.25) is 0 Å². The number of non-ortho nitro benzene ring substituents is 1. The fourth-order valence-electron chi connectivity index (χ4n) is 1.78. The highest BCUT2D eigenvalue weighted by atomic mass is 16.6. The van der Waals surface area contributed by atoms with Crippen molar-refractivity contribution in [3.63, 3.8) is 0 Å². The molecule has 2 rings (SSSR count). The Balaban J connectivity index is 2.16. The van der Waals surface area contributed by atoms with Crippen molar-refractivity contribution in [2.45, 2.75) is 0 Å². The van der Waals surface area contributed by atoms with Gasteiger partial charge in [0.1, 0.15) is 0 Å². The summed E-state index contributed by atoms with van der Waals surface area (Å²) in [7, 11) is 0. The van der Waals surface area contributed by atoms with E-state index >= 15 is 0 Å². The first-order valence-electron chi connectivity index (χ1n) is 6.18. The average Bonchev–Trinajstić information content (AvgIpc) is 2.47. The molecule has 2 aromatic rings. The van der Waals surface area contributed by atoms with E-state index in [4.69, 9.17) is 5.73 Å². The number of urea groups is 1. The number of anilines is 2. The number of hydrogen-bond acceptors (Lipinski definition) is 4. The maximum Gasteiger partial charge on any atom is 0.316 e. The molecule has 2 aromatic carbocycles. The number of nitrogens with two attached hydrogens (primary N) is 1. The molecule has 0 fully saturated rings. The second-order valence-corrected chi connectivity index (χ2v) is 4.33. The van der Waals surface area contributed by atoms with Crippen LogP contribution in [0.2, 0.25) is 0 Å². The number of carbonyl (C=O) groups excluding carboxylic acids is 2. The van der Waals surface area contributed by atoms with Gasteiger partial charge in [-0.2, -0.15) is 0 Å². The Kier molecular flexibility index (Phi) is 4.33. The average molecular weight is 300 g/mol. The number of amides is 3. The van der Waals surface area contributed by atoms with Crippen LogP contribution >= 0.6 is 0 Å². The van der Waals surface area contributed by atoms with E-state index in [0.29, 0.717) is 11.4 Å². The van der Waals surface area contributed by atoms with E-state index in [1.54, 1.807) is 18.2 Å². The minimum atomic E-state index is -0.720. The Labute approximate surface area is 125 Å². The molecule has 0 aliphatic heterocycles. The standard InChI is InChI=1S/C14H12N4O4/c15-14(20)17-11-5-2-4-10(8-11)16-13(19)9-3-1-6-12(7-9)18(21)22/h1-8H,(H,16,19)(H3,15,17,20). The van der Waals surface area contributed by atoms with E-state index in [-0.39, 0.29) is 11.3 Å². The van der Waals surface area contributed by atoms with Crippen LogP contribution in [-0.2, 0) is 0 Å². The number of nitrogens with zero attached hydrogens (tertiary/aromatic N) is 1. The number of hydrogen-bond donors (Lipinski definition) is 3. The molecule has 112 valence electrons. The normalized spacial score (nSPS) is 9.82. The van der Waals surface area contributed by atoms with Crippen molar-refractivity contribution < 1.29 is 14.5 Å². The summed E-state index contributed by atoms with van der Waals surface area (Å²) in [6.07, 6.45) is 0. The third-order valence-electron chi connectivity index (χ3n) is 2.71. The number of nitro benzene ring substituents is 1. The summed E-state index contributed by atoms with van der Waals surface area (Å²) < 4.78 is 0. The third-order valence-corrected chi connectivity index (χ3v) is 2.71. The van der Waals surface area contributed by atoms with Gasteiger partial charge in [-0.05, 0) is 24.3 Å². The van der Waals surface area contributed by atoms with Crippen molar-refractivity contribution in [3.05, 3.63) is 64.2 Å². The number of carbonyl (C=O) groups is 2. The van der Waals surface area contributed by atoms with Crippen molar-refractivity contribution in [2.24, 2.45) is 5.73 Å². The smallest absolute Gasteiger partial charge is 0.316 e. The van der Waals surface area contributed by atoms with Gasteiger partial charge in [-0.3, -0.25) is 14.9 Å². The Morgan fingerprint density at radius 2 is 1.64 bits per heavy atom. The summed E-state index contributed by atoms with van der Waals surface area (Å²) in [5.41, 5.74) is 5.84. The molecule has 22 heavy (non-hydrogen) atoms. The van der Waals surface area contributed by atoms with Gasteiger partial charge < -0.3 is 16.4 Å². The Hall–Kier alpha value is -3.42. The van der Waals surface area contributed by atoms with Crippen molar-refractivity contribution in [1.29, 1.82) is 0 Å². The van der Waals surface area contributed by atoms with Gasteiger partial charge in [-0.15, -0.1) is 0 Å². The Bertz CT molecular complexity index is 745. The second-order valence-electron chi connectivity index (χ2n) is 4.33. The molecule has 0 aliphatic rings. The van der Waals surface area contributed by atoms with Crippen molar-refractivity contribution in [2.75, 3.05) is 10.6 Å². The number of benzene rings is 2. The molecule has 3 amide bonds. The first kappa shape index (κ1) is 15.0. The third kappa shape index (κ3) is 3.79. The van der Waals surface area contributed by atoms with E-state index in [1.165, 1.54) is 30.3 Å². The lowest BCUT2D eigenvalue weighted by Gasteiger charge is -2.07. The number of nitro groups is 1. The predicted molar refractivity (Wildman–Crippen MR) is 80.7 cm³/mol. The molecule has 0 heterocycles. The predicted octanol–water partition coefficient (Wildman–Crippen LogP) is 2.34. The Morgan fingerprint density at radius 3 is 2.27 bits per heavy atom. The summed E-state index contributed by atoms with van der Waals surface area (Å²) in [6, 6.07) is 11.0. The van der Waals surface area contributed by atoms with Gasteiger partial charge in [0.05, 0.1) is 4.92 Å². The molecule has 0 unspecified atom stereocenters. The van der Waals surface area contributed by atoms with Gasteiger partial charge in [0, 0.05) is 29.1 Å². The van der Waals surface area contributed by atoms with E-state index in [2.05, 4.69) is 10.6 Å². The van der Waals surface area contributed by atoms with Gasteiger partial charge >= 0.3 is 6.03 Å². The molecule has 0 radical (unpaired) electrons. The molecule has 4 N–H and O–H groups in total. The first-order chi connectivity index (χ1) is 10.5. The van der Waals surface area contributed by atoms with Crippen LogP contribution in [0.25, 0.3) is 0 Å². The highest BCUT2D eigenvalue weighted by Crippen LogP contribution is 2.18. The number of nitrogens with one attached hydrogen (secondary N) is 2. The highest BCUT2D eigenvalue weighted by Gasteiger charge is 2.11. The zero-order valence-corrected chi connectivity index (χ0v) is 11.3. The van der Waals surface area contributed by atoms with Crippen LogP contribution < -0.4 is 16.4 Å². The quantitative estimate of drug-likeness (QED) is 0.591. The van der Waals surface area contributed by atoms with E-state index in [0.717, 1.165) is 0 Å². The topological polar surface area (TPSA) is 127 Å². The lowest BCUT2D eigenvalue weighted by Crippen LogP contribution is -2.19. The zero-order valence-electron chi connectivity index (χ0n) is 11.3. The van der Waals surface area contributed by atoms with Gasteiger partial charge in [-0.1, -0.05) is 12.1 Å². The maximum absolute atomic E-state index is 12.1. The molecular formula is C14H12N4O4. The van der Waals surface area contributed by atoms with E-state index in [1.807, 2.05) is 0 Å². The van der Waals surface area contributed by atoms with E-state index < -0.39 is 16.9 Å². The van der Waals surface area contributed by atoms with Crippen LogP contribution in [0.15, 0.2) is 48.5 Å². The second kappa shape index (κ2) is 6.35. The lowest BCUT2D eigenvalue weighted by atomic mass is 10.2. The van der Waals surface area contributed by atoms with Crippen LogP contribution in [0.3, 0.4) is 0 Å². The molecule has 8 nitrogen and oxygen atoms in total. The van der Waals surface area contributed by atoms with Gasteiger partial charge in [-0.25, -0.2) is 4.79 Å². The molecule has 0 saturated carbocycles. The van der Waals surface area contributed by atoms with Crippen molar-refractivity contribution in [3.8, 4) is 0 Å². The largest absolute Gasteiger partial charge is 0.351 e. The van der Waals surface area contributed by atoms with Crippen molar-refractivity contribution in [1.82, 2.24) is 0 Å².